The van der Waals surface area contributed by atoms with Gasteiger partial charge in [-0.3, -0.25) is 4.21 Å². The second-order valence-electron chi connectivity index (χ2n) is 3.40. The minimum atomic E-state index is -1.04. The highest BCUT2D eigenvalue weighted by atomic mass is 32.2. The first-order valence-electron chi connectivity index (χ1n) is 4.72. The normalized spacial score (nSPS) is 23.6. The van der Waals surface area contributed by atoms with E-state index in [2.05, 4.69) is 15.3 Å². The van der Waals surface area contributed by atoms with E-state index in [-0.39, 0.29) is 0 Å². The molecule has 1 saturated heterocycles. The fourth-order valence-electron chi connectivity index (χ4n) is 1.55. The monoisotopic (exact) mass is 211 g/mol. The molecular formula is C9H13N3OS. The van der Waals surface area contributed by atoms with E-state index in [1.807, 2.05) is 0 Å². The van der Waals surface area contributed by atoms with Gasteiger partial charge in [-0.15, -0.1) is 0 Å². The average Bonchev–Trinajstić information content (AvgIpc) is 2.72. The lowest BCUT2D eigenvalue weighted by Crippen LogP contribution is -2.16. The second kappa shape index (κ2) is 4.61. The number of aromatic nitrogens is 2. The number of hydrogen-bond donors (Lipinski definition) is 1. The lowest BCUT2D eigenvalue weighted by atomic mass is 10.2. The molecular weight excluding hydrogens is 198 g/mol. The molecule has 1 N–H and O–H groups in total. The zero-order chi connectivity index (χ0) is 9.80. The molecule has 0 saturated carbocycles. The molecule has 0 amide bonds. The minimum Gasteiger partial charge on any atom is -0.316 e. The van der Waals surface area contributed by atoms with Crippen LogP contribution in [0.25, 0.3) is 0 Å². The van der Waals surface area contributed by atoms with Crippen molar-refractivity contribution >= 4 is 10.8 Å². The maximum absolute atomic E-state index is 11.8. The molecule has 76 valence electrons. The summed E-state index contributed by atoms with van der Waals surface area (Å²) in [6.45, 7) is 2.01. The zero-order valence-corrected chi connectivity index (χ0v) is 8.67. The van der Waals surface area contributed by atoms with Crippen molar-refractivity contribution in [3.8, 4) is 0 Å². The predicted octanol–water partition coefficient (Wildman–Crippen LogP) is 0.194. The molecule has 2 atom stereocenters. The fraction of sp³-hybridized carbons (Fsp3) is 0.556. The Balaban J connectivity index is 1.95. The maximum atomic E-state index is 11.8. The summed E-state index contributed by atoms with van der Waals surface area (Å²) >= 11 is 0. The first-order valence-corrected chi connectivity index (χ1v) is 6.04. The predicted molar refractivity (Wildman–Crippen MR) is 54.3 cm³/mol. The molecule has 2 rings (SSSR count). The van der Waals surface area contributed by atoms with Crippen LogP contribution in [0, 0.1) is 5.92 Å². The van der Waals surface area contributed by atoms with Crippen molar-refractivity contribution in [3.63, 3.8) is 0 Å². The van der Waals surface area contributed by atoms with Gasteiger partial charge in [-0.2, -0.15) is 0 Å². The van der Waals surface area contributed by atoms with Gasteiger partial charge in [0.15, 0.2) is 0 Å². The van der Waals surface area contributed by atoms with Crippen LogP contribution in [0.15, 0.2) is 23.6 Å². The third-order valence-corrected chi connectivity index (χ3v) is 3.69. The number of nitrogens with zero attached hydrogens (tertiary/aromatic N) is 2. The van der Waals surface area contributed by atoms with Crippen molar-refractivity contribution in [3.05, 3.63) is 18.5 Å². The summed E-state index contributed by atoms with van der Waals surface area (Å²) in [6, 6.07) is 1.73. The van der Waals surface area contributed by atoms with Crippen LogP contribution in [0.5, 0.6) is 0 Å². The van der Waals surface area contributed by atoms with Gasteiger partial charge in [0.05, 0.1) is 10.8 Å². The van der Waals surface area contributed by atoms with Crippen LogP contribution >= 0.6 is 0 Å². The summed E-state index contributed by atoms with van der Waals surface area (Å²) in [6.07, 6.45) is 4.37. The van der Waals surface area contributed by atoms with Crippen molar-refractivity contribution in [1.82, 2.24) is 15.3 Å². The molecule has 1 aromatic heterocycles. The van der Waals surface area contributed by atoms with Crippen molar-refractivity contribution in [2.45, 2.75) is 11.6 Å². The van der Waals surface area contributed by atoms with E-state index >= 15 is 0 Å². The Bertz CT molecular complexity index is 311. The number of hydrogen-bond acceptors (Lipinski definition) is 4. The van der Waals surface area contributed by atoms with Gasteiger partial charge in [-0.05, 0) is 31.5 Å². The third kappa shape index (κ3) is 2.36. The Morgan fingerprint density at radius 1 is 1.50 bits per heavy atom. The molecule has 0 bridgehead atoms. The molecule has 0 spiro atoms. The van der Waals surface area contributed by atoms with E-state index in [0.29, 0.717) is 16.8 Å². The lowest BCUT2D eigenvalue weighted by Gasteiger charge is -2.05. The molecule has 0 radical (unpaired) electrons. The second-order valence-corrected chi connectivity index (χ2v) is 4.79. The summed E-state index contributed by atoms with van der Waals surface area (Å²) in [7, 11) is -1.04. The van der Waals surface area contributed by atoms with Crippen LogP contribution in [-0.4, -0.2) is 33.0 Å². The van der Waals surface area contributed by atoms with E-state index < -0.39 is 10.8 Å². The quantitative estimate of drug-likeness (QED) is 0.725. The van der Waals surface area contributed by atoms with Gasteiger partial charge in [-0.25, -0.2) is 9.97 Å². The summed E-state index contributed by atoms with van der Waals surface area (Å²) in [5.74, 6) is 1.19. The maximum Gasteiger partial charge on any atom is 0.218 e. The van der Waals surface area contributed by atoms with Gasteiger partial charge < -0.3 is 5.32 Å². The Morgan fingerprint density at radius 2 is 2.29 bits per heavy atom. The van der Waals surface area contributed by atoms with Crippen LogP contribution in [-0.2, 0) is 10.8 Å². The van der Waals surface area contributed by atoms with Crippen LogP contribution in [0.2, 0.25) is 0 Å². The molecule has 4 nitrogen and oxygen atoms in total. The Morgan fingerprint density at radius 3 is 2.93 bits per heavy atom. The molecule has 2 heterocycles. The smallest absolute Gasteiger partial charge is 0.218 e. The standard InChI is InChI=1S/C9H13N3OS/c13-14(7-8-2-5-10-6-8)9-11-3-1-4-12-9/h1,3-4,8,10H,2,5-7H2/t8-,14+/m0/s1. The average molecular weight is 211 g/mol. The Labute approximate surface area is 85.6 Å². The Kier molecular flexibility index (Phi) is 3.21. The van der Waals surface area contributed by atoms with Crippen LogP contribution in [0.3, 0.4) is 0 Å². The summed E-state index contributed by atoms with van der Waals surface area (Å²) < 4.78 is 11.8. The van der Waals surface area contributed by atoms with Crippen molar-refractivity contribution in [2.24, 2.45) is 5.92 Å². The summed E-state index contributed by atoms with van der Waals surface area (Å²) in [5, 5.41) is 3.71. The highest BCUT2D eigenvalue weighted by molar-refractivity contribution is 7.84. The van der Waals surface area contributed by atoms with E-state index in [1.54, 1.807) is 18.5 Å². The summed E-state index contributed by atoms with van der Waals surface area (Å²) in [4.78, 5) is 7.98. The van der Waals surface area contributed by atoms with Crippen molar-refractivity contribution < 1.29 is 4.21 Å². The first kappa shape index (κ1) is 9.73. The molecule has 0 aliphatic carbocycles. The van der Waals surface area contributed by atoms with E-state index in [1.165, 1.54) is 0 Å². The van der Waals surface area contributed by atoms with Gasteiger partial charge in [0.25, 0.3) is 0 Å². The van der Waals surface area contributed by atoms with Crippen molar-refractivity contribution in [1.29, 1.82) is 0 Å². The van der Waals surface area contributed by atoms with Gasteiger partial charge in [0.1, 0.15) is 0 Å². The lowest BCUT2D eigenvalue weighted by molar-refractivity contribution is 0.628. The molecule has 1 fully saturated rings. The van der Waals surface area contributed by atoms with Crippen LogP contribution in [0.1, 0.15) is 6.42 Å². The van der Waals surface area contributed by atoms with E-state index in [9.17, 15) is 4.21 Å². The molecule has 0 unspecified atom stereocenters. The van der Waals surface area contributed by atoms with Crippen molar-refractivity contribution in [2.75, 3.05) is 18.8 Å². The number of nitrogens with one attached hydrogen (secondary N) is 1. The molecule has 0 aromatic carbocycles. The molecule has 1 aliphatic heterocycles. The minimum absolute atomic E-state index is 0.458. The van der Waals surface area contributed by atoms with Gasteiger partial charge >= 0.3 is 0 Å². The van der Waals surface area contributed by atoms with Gasteiger partial charge in [0.2, 0.25) is 5.16 Å². The zero-order valence-electron chi connectivity index (χ0n) is 7.85. The van der Waals surface area contributed by atoms with Crippen LogP contribution in [0.4, 0.5) is 0 Å². The molecule has 5 heteroatoms. The topological polar surface area (TPSA) is 54.9 Å². The molecule has 1 aliphatic rings. The number of rotatable bonds is 3. The van der Waals surface area contributed by atoms with E-state index in [4.69, 9.17) is 0 Å². The molecule has 1 aromatic rings. The van der Waals surface area contributed by atoms with Gasteiger partial charge in [0, 0.05) is 18.1 Å². The Hall–Kier alpha value is -0.810. The molecule has 14 heavy (non-hydrogen) atoms. The van der Waals surface area contributed by atoms with Gasteiger partial charge in [-0.1, -0.05) is 0 Å². The first-order chi connectivity index (χ1) is 6.86. The summed E-state index contributed by atoms with van der Waals surface area (Å²) in [5.41, 5.74) is 0. The highest BCUT2D eigenvalue weighted by Gasteiger charge is 2.19. The largest absolute Gasteiger partial charge is 0.316 e. The van der Waals surface area contributed by atoms with E-state index in [0.717, 1.165) is 19.5 Å². The van der Waals surface area contributed by atoms with Crippen LogP contribution < -0.4 is 5.32 Å². The fourth-order valence-corrected chi connectivity index (χ4v) is 2.77. The highest BCUT2D eigenvalue weighted by Crippen LogP contribution is 2.11. The SMILES string of the molecule is O=[S@](C[C@H]1CCNC1)c1ncccn1. The third-order valence-electron chi connectivity index (χ3n) is 2.30.